The molecule has 0 saturated carbocycles. The van der Waals surface area contributed by atoms with Gasteiger partial charge in [0.25, 0.3) is 5.69 Å². The molecule has 0 atom stereocenters. The molecular weight excluding hydrogens is 414 g/mol. The molecule has 2 aromatic rings. The molecule has 0 bridgehead atoms. The number of hydrogen-bond donors (Lipinski definition) is 1. The van der Waals surface area contributed by atoms with Crippen molar-refractivity contribution >= 4 is 33.0 Å². The third-order valence-corrected chi connectivity index (χ3v) is 8.10. The lowest BCUT2D eigenvalue weighted by atomic mass is 9.97. The van der Waals surface area contributed by atoms with Crippen molar-refractivity contribution in [3.63, 3.8) is 0 Å². The first-order valence-electron chi connectivity index (χ1n) is 9.26. The number of sulfonamides is 1. The third kappa shape index (κ3) is 4.82. The molecular formula is C19H23N3O5S2. The second-order valence-corrected chi connectivity index (χ2v) is 10.4. The van der Waals surface area contributed by atoms with Crippen LogP contribution in [0.15, 0.2) is 35.2 Å². The zero-order chi connectivity index (χ0) is 21.2. The Morgan fingerprint density at radius 1 is 1.24 bits per heavy atom. The van der Waals surface area contributed by atoms with E-state index in [2.05, 4.69) is 5.32 Å². The number of non-ortho nitro benzene ring substituents is 1. The van der Waals surface area contributed by atoms with Gasteiger partial charge in [0.1, 0.15) is 0 Å². The minimum absolute atomic E-state index is 0.0531. The van der Waals surface area contributed by atoms with Gasteiger partial charge in [0.05, 0.1) is 16.4 Å². The van der Waals surface area contributed by atoms with Gasteiger partial charge in [-0.3, -0.25) is 14.9 Å². The lowest BCUT2D eigenvalue weighted by molar-refractivity contribution is -0.385. The standard InChI is InChI=1S/C19H23N3O5S2/c1-13-3-5-16(22(24)25)11-18(13)29(26,27)21-9-7-15(8-10-21)19(23)20-12-17-6-4-14(2)28-17/h3-6,11,15H,7-10,12H2,1-2H3,(H,20,23). The quantitative estimate of drug-likeness (QED) is 0.552. The summed E-state index contributed by atoms with van der Waals surface area (Å²) in [5.74, 6) is -0.312. The Bertz CT molecular complexity index is 1020. The molecule has 0 aliphatic carbocycles. The number of nitrogens with one attached hydrogen (secondary N) is 1. The van der Waals surface area contributed by atoms with E-state index in [1.807, 2.05) is 19.1 Å². The largest absolute Gasteiger partial charge is 0.351 e. The number of carbonyl (C=O) groups is 1. The molecule has 10 heteroatoms. The number of nitrogens with zero attached hydrogens (tertiary/aromatic N) is 2. The molecule has 1 aliphatic rings. The average molecular weight is 438 g/mol. The first-order valence-corrected chi connectivity index (χ1v) is 11.5. The highest BCUT2D eigenvalue weighted by Crippen LogP contribution is 2.28. The van der Waals surface area contributed by atoms with Crippen LogP contribution in [0.1, 0.15) is 28.2 Å². The summed E-state index contributed by atoms with van der Waals surface area (Å²) in [6.45, 7) is 4.52. The Hall–Kier alpha value is -2.30. The van der Waals surface area contributed by atoms with Gasteiger partial charge in [-0.1, -0.05) is 6.07 Å². The predicted octanol–water partition coefficient (Wildman–Crippen LogP) is 2.99. The van der Waals surface area contributed by atoms with Gasteiger partial charge in [-0.2, -0.15) is 4.31 Å². The minimum atomic E-state index is -3.85. The van der Waals surface area contributed by atoms with E-state index in [4.69, 9.17) is 0 Å². The maximum absolute atomic E-state index is 13.0. The molecule has 8 nitrogen and oxygen atoms in total. The highest BCUT2D eigenvalue weighted by atomic mass is 32.2. The summed E-state index contributed by atoms with van der Waals surface area (Å²) >= 11 is 1.63. The normalized spacial score (nSPS) is 15.9. The van der Waals surface area contributed by atoms with Crippen LogP contribution < -0.4 is 5.32 Å². The molecule has 1 saturated heterocycles. The number of aryl methyl sites for hydroxylation is 2. The maximum Gasteiger partial charge on any atom is 0.270 e. The SMILES string of the molecule is Cc1ccc(CNC(=O)C2CCN(S(=O)(=O)c3cc([N+](=O)[O-])ccc3C)CC2)s1. The lowest BCUT2D eigenvalue weighted by Crippen LogP contribution is -2.43. The van der Waals surface area contributed by atoms with Gasteiger partial charge in [-0.05, 0) is 44.4 Å². The second-order valence-electron chi connectivity index (χ2n) is 7.12. The number of benzene rings is 1. The van der Waals surface area contributed by atoms with Crippen LogP contribution in [0.4, 0.5) is 5.69 Å². The molecule has 1 N–H and O–H groups in total. The van der Waals surface area contributed by atoms with Crippen molar-refractivity contribution in [1.29, 1.82) is 0 Å². The van der Waals surface area contributed by atoms with Gasteiger partial charge in [0.2, 0.25) is 15.9 Å². The molecule has 156 valence electrons. The van der Waals surface area contributed by atoms with E-state index in [1.54, 1.807) is 18.3 Å². The van der Waals surface area contributed by atoms with Crippen molar-refractivity contribution in [2.75, 3.05) is 13.1 Å². The van der Waals surface area contributed by atoms with E-state index in [0.29, 0.717) is 24.9 Å². The van der Waals surface area contributed by atoms with Gasteiger partial charge >= 0.3 is 0 Å². The number of rotatable bonds is 6. The number of piperidine rings is 1. The molecule has 0 spiro atoms. The van der Waals surface area contributed by atoms with Gasteiger partial charge in [0.15, 0.2) is 0 Å². The zero-order valence-corrected chi connectivity index (χ0v) is 17.9. The fraction of sp³-hybridized carbons (Fsp3) is 0.421. The molecule has 0 unspecified atom stereocenters. The summed E-state index contributed by atoms with van der Waals surface area (Å²) < 4.78 is 27.3. The maximum atomic E-state index is 13.0. The fourth-order valence-electron chi connectivity index (χ4n) is 3.38. The van der Waals surface area contributed by atoms with Crippen LogP contribution in [0.2, 0.25) is 0 Å². The topological polar surface area (TPSA) is 110 Å². The lowest BCUT2D eigenvalue weighted by Gasteiger charge is -2.30. The van der Waals surface area contributed by atoms with Crippen molar-refractivity contribution in [3.8, 4) is 0 Å². The summed E-state index contributed by atoms with van der Waals surface area (Å²) in [5.41, 5.74) is 0.203. The van der Waals surface area contributed by atoms with Crippen molar-refractivity contribution in [2.45, 2.75) is 38.1 Å². The first kappa shape index (κ1) is 21.4. The fourth-order valence-corrected chi connectivity index (χ4v) is 5.92. The molecule has 1 aromatic carbocycles. The Balaban J connectivity index is 1.63. The van der Waals surface area contributed by atoms with Crippen LogP contribution in [-0.2, 0) is 21.4 Å². The average Bonchev–Trinajstić information content (AvgIpc) is 3.11. The number of thiophene rings is 1. The first-order chi connectivity index (χ1) is 13.7. The summed E-state index contributed by atoms with van der Waals surface area (Å²) in [6.07, 6.45) is 0.838. The van der Waals surface area contributed by atoms with Gasteiger partial charge in [-0.25, -0.2) is 8.42 Å². The second kappa shape index (κ2) is 8.60. The van der Waals surface area contributed by atoms with E-state index in [-0.39, 0.29) is 35.5 Å². The van der Waals surface area contributed by atoms with Crippen molar-refractivity contribution in [2.24, 2.45) is 5.92 Å². The van der Waals surface area contributed by atoms with Crippen LogP contribution in [0.5, 0.6) is 0 Å². The van der Waals surface area contributed by atoms with E-state index in [0.717, 1.165) is 10.9 Å². The zero-order valence-electron chi connectivity index (χ0n) is 16.3. The summed E-state index contributed by atoms with van der Waals surface area (Å²) in [6, 6.07) is 7.83. The minimum Gasteiger partial charge on any atom is -0.351 e. The number of hydrogen-bond acceptors (Lipinski definition) is 6. The summed E-state index contributed by atoms with van der Waals surface area (Å²) in [7, 11) is -3.85. The molecule has 1 aliphatic heterocycles. The molecule has 1 amide bonds. The van der Waals surface area contributed by atoms with Crippen LogP contribution in [0, 0.1) is 29.9 Å². The Morgan fingerprint density at radius 2 is 1.93 bits per heavy atom. The number of carbonyl (C=O) groups excluding carboxylic acids is 1. The number of nitro groups is 1. The van der Waals surface area contributed by atoms with Gasteiger partial charge in [-0.15, -0.1) is 11.3 Å². The van der Waals surface area contributed by atoms with E-state index in [1.165, 1.54) is 21.3 Å². The van der Waals surface area contributed by atoms with Crippen LogP contribution in [-0.4, -0.2) is 36.6 Å². The highest BCUT2D eigenvalue weighted by Gasteiger charge is 2.33. The highest BCUT2D eigenvalue weighted by molar-refractivity contribution is 7.89. The summed E-state index contributed by atoms with van der Waals surface area (Å²) in [5, 5.41) is 13.9. The molecule has 29 heavy (non-hydrogen) atoms. The Kier molecular flexibility index (Phi) is 6.35. The number of amides is 1. The van der Waals surface area contributed by atoms with Crippen molar-refractivity contribution in [3.05, 3.63) is 55.8 Å². The van der Waals surface area contributed by atoms with E-state index < -0.39 is 14.9 Å². The Morgan fingerprint density at radius 3 is 2.52 bits per heavy atom. The Labute approximate surface area is 173 Å². The van der Waals surface area contributed by atoms with Crippen molar-refractivity contribution < 1.29 is 18.1 Å². The monoisotopic (exact) mass is 437 g/mol. The molecule has 0 radical (unpaired) electrons. The molecule has 1 aromatic heterocycles. The molecule has 1 fully saturated rings. The molecule has 3 rings (SSSR count). The van der Waals surface area contributed by atoms with E-state index in [9.17, 15) is 23.3 Å². The smallest absolute Gasteiger partial charge is 0.270 e. The predicted molar refractivity (Wildman–Crippen MR) is 110 cm³/mol. The summed E-state index contributed by atoms with van der Waals surface area (Å²) in [4.78, 5) is 25.0. The third-order valence-electron chi connectivity index (χ3n) is 5.06. The van der Waals surface area contributed by atoms with Crippen LogP contribution in [0.25, 0.3) is 0 Å². The van der Waals surface area contributed by atoms with Crippen LogP contribution in [0.3, 0.4) is 0 Å². The van der Waals surface area contributed by atoms with Crippen molar-refractivity contribution in [1.82, 2.24) is 9.62 Å². The molecule has 2 heterocycles. The number of nitro benzene ring substituents is 1. The van der Waals surface area contributed by atoms with Gasteiger partial charge in [0, 0.05) is 40.9 Å². The van der Waals surface area contributed by atoms with E-state index >= 15 is 0 Å². The van der Waals surface area contributed by atoms with Crippen LogP contribution >= 0.6 is 11.3 Å². The van der Waals surface area contributed by atoms with Gasteiger partial charge < -0.3 is 5.32 Å².